The van der Waals surface area contributed by atoms with Crippen LogP contribution in [0.25, 0.3) is 16.8 Å². The molecule has 4 aromatic rings. The fourth-order valence-electron chi connectivity index (χ4n) is 4.92. The molecule has 2 N–H and O–H groups in total. The third-order valence-corrected chi connectivity index (χ3v) is 7.44. The van der Waals surface area contributed by atoms with Gasteiger partial charge in [0.1, 0.15) is 5.82 Å². The van der Waals surface area contributed by atoms with Gasteiger partial charge in [0, 0.05) is 6.54 Å². The molecule has 5 rings (SSSR count). The number of benzene rings is 3. The topological polar surface area (TPSA) is 77.0 Å². The zero-order valence-corrected chi connectivity index (χ0v) is 21.9. The summed E-state index contributed by atoms with van der Waals surface area (Å²) in [5.41, 5.74) is 13.0. The first-order valence-corrected chi connectivity index (χ1v) is 13.0. The Hall–Kier alpha value is -3.77. The van der Waals surface area contributed by atoms with E-state index in [2.05, 4.69) is 89.5 Å². The number of nitrogens with two attached hydrogens (primary N) is 1. The largest absolute Gasteiger partial charge is 0.363 e. The predicted molar refractivity (Wildman–Crippen MR) is 148 cm³/mol. The summed E-state index contributed by atoms with van der Waals surface area (Å²) in [6, 6.07) is 26.0. The van der Waals surface area contributed by atoms with Gasteiger partial charge >= 0.3 is 0 Å². The van der Waals surface area contributed by atoms with Crippen molar-refractivity contribution in [1.29, 1.82) is 0 Å². The minimum atomic E-state index is -0.625. The summed E-state index contributed by atoms with van der Waals surface area (Å²) in [5, 5.41) is 4.20. The molecule has 0 unspecified atom stereocenters. The van der Waals surface area contributed by atoms with Crippen molar-refractivity contribution in [3.8, 4) is 16.8 Å². The Morgan fingerprint density at radius 1 is 0.838 bits per heavy atom. The van der Waals surface area contributed by atoms with Gasteiger partial charge in [0.15, 0.2) is 0 Å². The van der Waals surface area contributed by atoms with Gasteiger partial charge in [0.2, 0.25) is 5.82 Å². The maximum Gasteiger partial charge on any atom is 0.288 e. The Kier molecular flexibility index (Phi) is 6.94. The molecule has 1 amide bonds. The fourth-order valence-corrected chi connectivity index (χ4v) is 4.92. The molecule has 0 spiro atoms. The number of hydrogen-bond donors (Lipinski definition) is 1. The number of hydrogen-bond acceptors (Lipinski definition) is 4. The molecule has 3 aromatic carbocycles. The lowest BCUT2D eigenvalue weighted by atomic mass is 9.82. The molecule has 2 heterocycles. The molecule has 190 valence electrons. The zero-order chi connectivity index (χ0) is 26.0. The van der Waals surface area contributed by atoms with Crippen molar-refractivity contribution in [2.45, 2.75) is 46.6 Å². The van der Waals surface area contributed by atoms with Crippen LogP contribution in [0.3, 0.4) is 0 Å². The van der Waals surface area contributed by atoms with Crippen molar-refractivity contribution in [1.82, 2.24) is 19.7 Å². The second-order valence-electron chi connectivity index (χ2n) is 10.9. The van der Waals surface area contributed by atoms with Crippen LogP contribution >= 0.6 is 0 Å². The molecule has 1 fully saturated rings. The number of carbonyl (C=O) groups excluding carboxylic acids is 1. The number of rotatable bonds is 7. The molecule has 0 bridgehead atoms. The Balaban J connectivity index is 1.19. The number of likely N-dealkylation sites (tertiary alicyclic amines) is 1. The number of amides is 1. The predicted octanol–water partition coefficient (Wildman–Crippen LogP) is 5.55. The lowest BCUT2D eigenvalue weighted by molar-refractivity contribution is 0.0990. The van der Waals surface area contributed by atoms with Gasteiger partial charge in [0.05, 0.1) is 5.69 Å². The third-order valence-electron chi connectivity index (χ3n) is 7.44. The normalized spacial score (nSPS) is 15.5. The van der Waals surface area contributed by atoms with Crippen LogP contribution in [-0.2, 0) is 13.0 Å². The molecule has 1 aliphatic rings. The second kappa shape index (κ2) is 10.3. The number of primary amides is 1. The zero-order valence-electron chi connectivity index (χ0n) is 21.9. The van der Waals surface area contributed by atoms with E-state index >= 15 is 0 Å². The Labute approximate surface area is 219 Å². The van der Waals surface area contributed by atoms with Gasteiger partial charge in [-0.2, -0.15) is 0 Å². The van der Waals surface area contributed by atoms with Gasteiger partial charge in [-0.05, 0) is 84.6 Å². The van der Waals surface area contributed by atoms with Crippen molar-refractivity contribution >= 4 is 5.91 Å². The van der Waals surface area contributed by atoms with Crippen molar-refractivity contribution in [3.63, 3.8) is 0 Å². The summed E-state index contributed by atoms with van der Waals surface area (Å²) in [5.74, 6) is 0.0302. The molecular formula is C31H35N5O. The summed E-state index contributed by atoms with van der Waals surface area (Å²) >= 11 is 0. The van der Waals surface area contributed by atoms with Gasteiger partial charge in [0.25, 0.3) is 5.91 Å². The molecule has 6 heteroatoms. The highest BCUT2D eigenvalue weighted by Crippen LogP contribution is 2.30. The standard InChI is InChI=1S/C31H35N5O/c1-22-33-30(29(32)37)34-36(22)28-14-8-24(9-15-28)20-23-4-10-26(11-5-23)27-12-6-25(7-13-27)21-35-18-16-31(2,3)17-19-35/h4-15H,16-21H2,1-3H3,(H2,32,37). The maximum absolute atomic E-state index is 11.4. The van der Waals surface area contributed by atoms with Gasteiger partial charge in [-0.15, -0.1) is 5.10 Å². The number of piperidine rings is 1. The Bertz CT molecular complexity index is 1360. The van der Waals surface area contributed by atoms with Gasteiger partial charge < -0.3 is 5.73 Å². The summed E-state index contributed by atoms with van der Waals surface area (Å²) in [6.07, 6.45) is 3.40. The molecule has 0 atom stereocenters. The average molecular weight is 494 g/mol. The molecule has 37 heavy (non-hydrogen) atoms. The molecule has 1 aliphatic heterocycles. The third kappa shape index (κ3) is 5.97. The van der Waals surface area contributed by atoms with Crippen LogP contribution in [-0.4, -0.2) is 38.7 Å². The number of carbonyl (C=O) groups is 1. The smallest absolute Gasteiger partial charge is 0.288 e. The van der Waals surface area contributed by atoms with E-state index in [-0.39, 0.29) is 5.82 Å². The molecular weight excluding hydrogens is 458 g/mol. The van der Waals surface area contributed by atoms with Crippen LogP contribution in [0.15, 0.2) is 72.8 Å². The molecule has 1 saturated heterocycles. The molecule has 0 aliphatic carbocycles. The lowest BCUT2D eigenvalue weighted by Crippen LogP contribution is -2.36. The van der Waals surface area contributed by atoms with E-state index in [1.165, 1.54) is 53.7 Å². The van der Waals surface area contributed by atoms with Gasteiger partial charge in [-0.3, -0.25) is 9.69 Å². The first-order chi connectivity index (χ1) is 17.8. The lowest BCUT2D eigenvalue weighted by Gasteiger charge is -2.36. The van der Waals surface area contributed by atoms with Gasteiger partial charge in [-0.1, -0.05) is 74.5 Å². The quantitative estimate of drug-likeness (QED) is 0.366. The Morgan fingerprint density at radius 2 is 1.35 bits per heavy atom. The van der Waals surface area contributed by atoms with E-state index < -0.39 is 5.91 Å². The van der Waals surface area contributed by atoms with Crippen molar-refractivity contribution in [2.24, 2.45) is 11.1 Å². The van der Waals surface area contributed by atoms with Crippen LogP contribution in [0, 0.1) is 12.3 Å². The van der Waals surface area contributed by atoms with Crippen molar-refractivity contribution < 1.29 is 4.79 Å². The van der Waals surface area contributed by atoms with E-state index in [1.54, 1.807) is 11.6 Å². The van der Waals surface area contributed by atoms with E-state index in [9.17, 15) is 4.79 Å². The number of aromatic nitrogens is 3. The first-order valence-electron chi connectivity index (χ1n) is 13.0. The minimum absolute atomic E-state index is 0.0300. The van der Waals surface area contributed by atoms with E-state index in [0.29, 0.717) is 11.2 Å². The molecule has 0 radical (unpaired) electrons. The maximum atomic E-state index is 11.4. The average Bonchev–Trinajstić information content (AvgIpc) is 3.29. The van der Waals surface area contributed by atoms with Crippen molar-refractivity contribution in [2.75, 3.05) is 13.1 Å². The van der Waals surface area contributed by atoms with Gasteiger partial charge in [-0.25, -0.2) is 9.67 Å². The monoisotopic (exact) mass is 493 g/mol. The Morgan fingerprint density at radius 3 is 1.86 bits per heavy atom. The fraction of sp³-hybridized carbons (Fsp3) is 0.323. The molecule has 6 nitrogen and oxygen atoms in total. The van der Waals surface area contributed by atoms with Crippen LogP contribution in [0.5, 0.6) is 0 Å². The van der Waals surface area contributed by atoms with E-state index in [4.69, 9.17) is 5.73 Å². The van der Waals surface area contributed by atoms with Crippen LogP contribution in [0.2, 0.25) is 0 Å². The SMILES string of the molecule is Cc1nc(C(N)=O)nn1-c1ccc(Cc2ccc(-c3ccc(CN4CCC(C)(C)CC4)cc3)cc2)cc1. The first kappa shape index (κ1) is 24.9. The minimum Gasteiger partial charge on any atom is -0.363 e. The highest BCUT2D eigenvalue weighted by atomic mass is 16.1. The van der Waals surface area contributed by atoms with Crippen molar-refractivity contribution in [3.05, 3.63) is 101 Å². The molecule has 1 aromatic heterocycles. The van der Waals surface area contributed by atoms with E-state index in [1.807, 2.05) is 12.1 Å². The highest BCUT2D eigenvalue weighted by molar-refractivity contribution is 5.88. The van der Waals surface area contributed by atoms with Crippen LogP contribution in [0.1, 0.15) is 59.8 Å². The highest BCUT2D eigenvalue weighted by Gasteiger charge is 2.25. The summed E-state index contributed by atoms with van der Waals surface area (Å²) in [6.45, 7) is 9.98. The number of aryl methyl sites for hydroxylation is 1. The summed E-state index contributed by atoms with van der Waals surface area (Å²) in [7, 11) is 0. The summed E-state index contributed by atoms with van der Waals surface area (Å²) in [4.78, 5) is 18.1. The van der Waals surface area contributed by atoms with E-state index in [0.717, 1.165) is 18.7 Å². The van der Waals surface area contributed by atoms with Crippen LogP contribution in [0.4, 0.5) is 0 Å². The van der Waals surface area contributed by atoms with Crippen LogP contribution < -0.4 is 5.73 Å². The second-order valence-corrected chi connectivity index (χ2v) is 10.9. The molecule has 0 saturated carbocycles. The number of nitrogens with zero attached hydrogens (tertiary/aromatic N) is 4. The summed E-state index contributed by atoms with van der Waals surface area (Å²) < 4.78 is 1.64.